The lowest BCUT2D eigenvalue weighted by Crippen LogP contribution is -2.22. The maximum absolute atomic E-state index is 9.74. The lowest BCUT2D eigenvalue weighted by Gasteiger charge is -2.28. The van der Waals surface area contributed by atoms with Gasteiger partial charge >= 0.3 is 0 Å². The van der Waals surface area contributed by atoms with E-state index in [9.17, 15) is 5.11 Å². The van der Waals surface area contributed by atoms with E-state index in [1.807, 2.05) is 30.3 Å². The number of benzene rings is 3. The maximum Gasteiger partial charge on any atom is 0.123 e. The number of hydrogen-bond acceptors (Lipinski definition) is 4. The van der Waals surface area contributed by atoms with Gasteiger partial charge in [0.25, 0.3) is 0 Å². The molecule has 2 unspecified atom stereocenters. The highest BCUT2D eigenvalue weighted by Crippen LogP contribution is 2.45. The van der Waals surface area contributed by atoms with Crippen LogP contribution in [-0.2, 0) is 0 Å². The SMILES string of the molecule is COc1ccc2c(c1)C(c1ccccc1OCC(O)CO)CC(c1ccccc1)=C2. The maximum atomic E-state index is 9.74. The predicted octanol–water partition coefficient (Wildman–Crippen LogP) is 4.50. The van der Waals surface area contributed by atoms with Gasteiger partial charge in [0, 0.05) is 11.5 Å². The third-order valence-electron chi connectivity index (χ3n) is 5.50. The Morgan fingerprint density at radius 2 is 1.73 bits per heavy atom. The topological polar surface area (TPSA) is 58.9 Å². The van der Waals surface area contributed by atoms with Crippen molar-refractivity contribution in [1.82, 2.24) is 0 Å². The van der Waals surface area contributed by atoms with Gasteiger partial charge in [-0.15, -0.1) is 0 Å². The van der Waals surface area contributed by atoms with Crippen molar-refractivity contribution in [3.8, 4) is 11.5 Å². The number of methoxy groups -OCH3 is 1. The molecule has 0 saturated heterocycles. The van der Waals surface area contributed by atoms with Gasteiger partial charge < -0.3 is 19.7 Å². The lowest BCUT2D eigenvalue weighted by molar-refractivity contribution is 0.0532. The molecule has 4 rings (SSSR count). The van der Waals surface area contributed by atoms with E-state index >= 15 is 0 Å². The monoisotopic (exact) mass is 402 g/mol. The zero-order valence-electron chi connectivity index (χ0n) is 17.0. The van der Waals surface area contributed by atoms with Gasteiger partial charge in [0.05, 0.1) is 13.7 Å². The summed E-state index contributed by atoms with van der Waals surface area (Å²) in [5.74, 6) is 1.63. The summed E-state index contributed by atoms with van der Waals surface area (Å²) in [5.41, 5.74) is 5.88. The number of aliphatic hydroxyl groups excluding tert-OH is 2. The first kappa shape index (κ1) is 20.2. The Morgan fingerprint density at radius 3 is 2.50 bits per heavy atom. The molecular formula is C26H26O4. The molecule has 4 nitrogen and oxygen atoms in total. The van der Waals surface area contributed by atoms with Gasteiger partial charge in [-0.1, -0.05) is 60.7 Å². The van der Waals surface area contributed by atoms with Crippen LogP contribution in [0, 0.1) is 0 Å². The summed E-state index contributed by atoms with van der Waals surface area (Å²) in [4.78, 5) is 0. The minimum Gasteiger partial charge on any atom is -0.497 e. The van der Waals surface area contributed by atoms with Crippen LogP contribution in [0.15, 0.2) is 72.8 Å². The molecule has 3 aromatic rings. The molecule has 0 amide bonds. The Morgan fingerprint density at radius 1 is 0.967 bits per heavy atom. The van der Waals surface area contributed by atoms with Gasteiger partial charge in [0.1, 0.15) is 24.2 Å². The summed E-state index contributed by atoms with van der Waals surface area (Å²) >= 11 is 0. The molecule has 30 heavy (non-hydrogen) atoms. The second-order valence-corrected chi connectivity index (χ2v) is 7.47. The van der Waals surface area contributed by atoms with Gasteiger partial charge in [-0.05, 0) is 46.9 Å². The fraction of sp³-hybridized carbons (Fsp3) is 0.231. The standard InChI is InChI=1S/C26H26O4/c1-29-22-12-11-19-13-20(18-7-3-2-4-8-18)14-25(24(19)15-22)23-9-5-6-10-26(23)30-17-21(28)16-27/h2-13,15,21,25,27-28H,14,16-17H2,1H3. The largest absolute Gasteiger partial charge is 0.497 e. The van der Waals surface area contributed by atoms with Crippen LogP contribution in [0.4, 0.5) is 0 Å². The number of allylic oxidation sites excluding steroid dienone is 1. The highest BCUT2D eigenvalue weighted by Gasteiger charge is 2.26. The lowest BCUT2D eigenvalue weighted by atomic mass is 9.77. The van der Waals surface area contributed by atoms with Gasteiger partial charge in [0.2, 0.25) is 0 Å². The van der Waals surface area contributed by atoms with Gasteiger partial charge in [-0.2, -0.15) is 0 Å². The van der Waals surface area contributed by atoms with E-state index in [0.717, 1.165) is 29.0 Å². The van der Waals surface area contributed by atoms with Crippen molar-refractivity contribution >= 4 is 11.6 Å². The first-order valence-electron chi connectivity index (χ1n) is 10.1. The molecule has 0 heterocycles. The number of aliphatic hydroxyl groups is 2. The summed E-state index contributed by atoms with van der Waals surface area (Å²) in [5, 5.41) is 18.9. The minimum absolute atomic E-state index is 0.0482. The fourth-order valence-corrected chi connectivity index (χ4v) is 3.96. The molecule has 0 fully saturated rings. The third kappa shape index (κ3) is 4.25. The molecule has 3 aromatic carbocycles. The van der Waals surface area contributed by atoms with Crippen molar-refractivity contribution in [2.75, 3.05) is 20.3 Å². The van der Waals surface area contributed by atoms with Crippen LogP contribution in [0.3, 0.4) is 0 Å². The highest BCUT2D eigenvalue weighted by atomic mass is 16.5. The molecule has 4 heteroatoms. The van der Waals surface area contributed by atoms with Crippen LogP contribution in [0.25, 0.3) is 11.6 Å². The molecule has 0 aromatic heterocycles. The highest BCUT2D eigenvalue weighted by molar-refractivity contribution is 5.86. The van der Waals surface area contributed by atoms with Crippen molar-refractivity contribution in [3.63, 3.8) is 0 Å². The van der Waals surface area contributed by atoms with Crippen molar-refractivity contribution < 1.29 is 19.7 Å². The third-order valence-corrected chi connectivity index (χ3v) is 5.50. The first-order valence-corrected chi connectivity index (χ1v) is 10.1. The molecule has 1 aliphatic rings. The second-order valence-electron chi connectivity index (χ2n) is 7.47. The van der Waals surface area contributed by atoms with Crippen LogP contribution in [0.1, 0.15) is 34.6 Å². The van der Waals surface area contributed by atoms with Crippen LogP contribution in [0.2, 0.25) is 0 Å². The fourth-order valence-electron chi connectivity index (χ4n) is 3.96. The van der Waals surface area contributed by atoms with Gasteiger partial charge in [0.15, 0.2) is 0 Å². The van der Waals surface area contributed by atoms with E-state index < -0.39 is 6.10 Å². The quantitative estimate of drug-likeness (QED) is 0.611. The van der Waals surface area contributed by atoms with E-state index in [-0.39, 0.29) is 19.1 Å². The number of rotatable bonds is 7. The zero-order valence-corrected chi connectivity index (χ0v) is 17.0. The number of para-hydroxylation sites is 1. The van der Waals surface area contributed by atoms with Crippen molar-refractivity contribution in [2.24, 2.45) is 0 Å². The smallest absolute Gasteiger partial charge is 0.123 e. The summed E-state index contributed by atoms with van der Waals surface area (Å²) in [6.45, 7) is -0.279. The molecule has 0 aliphatic heterocycles. The molecule has 0 saturated carbocycles. The Balaban J connectivity index is 1.77. The Labute approximate surface area is 177 Å². The molecule has 2 N–H and O–H groups in total. The minimum atomic E-state index is -0.906. The second kappa shape index (κ2) is 9.16. The number of hydrogen-bond donors (Lipinski definition) is 2. The van der Waals surface area contributed by atoms with E-state index in [4.69, 9.17) is 14.6 Å². The van der Waals surface area contributed by atoms with Crippen LogP contribution >= 0.6 is 0 Å². The van der Waals surface area contributed by atoms with E-state index in [1.165, 1.54) is 16.7 Å². The first-order chi connectivity index (χ1) is 14.7. The molecule has 0 radical (unpaired) electrons. The molecule has 0 spiro atoms. The van der Waals surface area contributed by atoms with Gasteiger partial charge in [-0.25, -0.2) is 0 Å². The molecule has 154 valence electrons. The van der Waals surface area contributed by atoms with Crippen LogP contribution in [0.5, 0.6) is 11.5 Å². The molecule has 0 bridgehead atoms. The number of ether oxygens (including phenoxy) is 2. The van der Waals surface area contributed by atoms with Crippen molar-refractivity contribution in [2.45, 2.75) is 18.4 Å². The molecule has 2 atom stereocenters. The summed E-state index contributed by atoms with van der Waals surface area (Å²) in [6, 6.07) is 24.5. The summed E-state index contributed by atoms with van der Waals surface area (Å²) < 4.78 is 11.4. The average Bonchev–Trinajstić information content (AvgIpc) is 2.82. The van der Waals surface area contributed by atoms with E-state index in [1.54, 1.807) is 7.11 Å². The molecule has 1 aliphatic carbocycles. The molecular weight excluding hydrogens is 376 g/mol. The normalized spacial score (nSPS) is 16.4. The Hall–Kier alpha value is -3.08. The zero-order chi connectivity index (χ0) is 20.9. The van der Waals surface area contributed by atoms with E-state index in [2.05, 4.69) is 48.5 Å². The summed E-state index contributed by atoms with van der Waals surface area (Å²) in [6.07, 6.45) is 2.17. The summed E-state index contributed by atoms with van der Waals surface area (Å²) in [7, 11) is 1.68. The van der Waals surface area contributed by atoms with Gasteiger partial charge in [-0.3, -0.25) is 0 Å². The van der Waals surface area contributed by atoms with Crippen molar-refractivity contribution in [1.29, 1.82) is 0 Å². The van der Waals surface area contributed by atoms with Crippen molar-refractivity contribution in [3.05, 3.63) is 95.1 Å². The Bertz CT molecular complexity index is 1030. The van der Waals surface area contributed by atoms with E-state index in [0.29, 0.717) is 0 Å². The predicted molar refractivity (Wildman–Crippen MR) is 119 cm³/mol. The van der Waals surface area contributed by atoms with Crippen LogP contribution < -0.4 is 9.47 Å². The average molecular weight is 402 g/mol. The van der Waals surface area contributed by atoms with Crippen LogP contribution in [-0.4, -0.2) is 36.6 Å². The number of fused-ring (bicyclic) bond motifs is 1. The Kier molecular flexibility index (Phi) is 6.17.